The Morgan fingerprint density at radius 3 is 2.77 bits per heavy atom. The van der Waals surface area contributed by atoms with Crippen molar-refractivity contribution in [2.45, 2.75) is 0 Å². The number of hydrogen-bond donors (Lipinski definition) is 2. The van der Waals surface area contributed by atoms with Crippen molar-refractivity contribution in [2.75, 3.05) is 5.73 Å². The average molecular weight is 196 g/mol. The molecule has 0 aliphatic heterocycles. The molecule has 1 amide bonds. The zero-order valence-electron chi connectivity index (χ0n) is 6.54. The van der Waals surface area contributed by atoms with Crippen LogP contribution in [0.4, 0.5) is 5.69 Å². The largest absolute Gasteiger partial charge is 0.396 e. The number of anilines is 1. The predicted octanol–water partition coefficient (Wildman–Crippen LogP) is 0.154. The van der Waals surface area contributed by atoms with Gasteiger partial charge >= 0.3 is 0 Å². The van der Waals surface area contributed by atoms with Gasteiger partial charge in [0, 0.05) is 5.92 Å². The first-order valence-electron chi connectivity index (χ1n) is 3.33. The predicted molar refractivity (Wildman–Crippen MR) is 49.7 cm³/mol. The number of aromatic nitrogens is 1. The maximum absolute atomic E-state index is 10.3. The molecule has 0 spiro atoms. The van der Waals surface area contributed by atoms with Gasteiger partial charge in [-0.3, -0.25) is 4.79 Å². The standard InChI is InChI=1S/C8H6ClN3O/c9-8-6(10)3-1-5(12-8)2-4-7(11)13/h1,3H,10H2,(H2,11,13). The zero-order valence-corrected chi connectivity index (χ0v) is 7.30. The molecule has 0 saturated carbocycles. The molecule has 0 aliphatic carbocycles. The van der Waals surface area contributed by atoms with Gasteiger partial charge in [-0.05, 0) is 18.1 Å². The summed E-state index contributed by atoms with van der Waals surface area (Å²) in [4.78, 5) is 14.1. The fourth-order valence-corrected chi connectivity index (χ4v) is 0.794. The summed E-state index contributed by atoms with van der Waals surface area (Å²) in [6.07, 6.45) is 0. The van der Waals surface area contributed by atoms with Gasteiger partial charge in [0.2, 0.25) is 0 Å². The molecular weight excluding hydrogens is 190 g/mol. The lowest BCUT2D eigenvalue weighted by Gasteiger charge is -1.95. The Hall–Kier alpha value is -1.73. The van der Waals surface area contributed by atoms with Crippen LogP contribution in [0.1, 0.15) is 5.69 Å². The third-order valence-corrected chi connectivity index (χ3v) is 1.49. The molecule has 1 rings (SSSR count). The van der Waals surface area contributed by atoms with Crippen LogP contribution >= 0.6 is 11.6 Å². The molecule has 4 N–H and O–H groups in total. The monoisotopic (exact) mass is 195 g/mol. The number of amides is 1. The van der Waals surface area contributed by atoms with E-state index in [1.807, 2.05) is 0 Å². The highest BCUT2D eigenvalue weighted by Crippen LogP contribution is 2.14. The summed E-state index contributed by atoms with van der Waals surface area (Å²) >= 11 is 5.61. The van der Waals surface area contributed by atoms with E-state index in [9.17, 15) is 4.79 Å². The first-order chi connectivity index (χ1) is 6.09. The number of carbonyl (C=O) groups excluding carboxylic acids is 1. The first-order valence-corrected chi connectivity index (χ1v) is 3.71. The molecule has 0 fully saturated rings. The number of nitrogen functional groups attached to an aromatic ring is 1. The minimum absolute atomic E-state index is 0.163. The van der Waals surface area contributed by atoms with E-state index in [2.05, 4.69) is 16.8 Å². The van der Waals surface area contributed by atoms with Crippen LogP contribution in [0.5, 0.6) is 0 Å². The summed E-state index contributed by atoms with van der Waals surface area (Å²) < 4.78 is 0. The lowest BCUT2D eigenvalue weighted by Crippen LogP contribution is -2.06. The fraction of sp³-hybridized carbons (Fsp3) is 0. The van der Waals surface area contributed by atoms with Crippen LogP contribution in [0.2, 0.25) is 5.15 Å². The Morgan fingerprint density at radius 2 is 2.23 bits per heavy atom. The normalized spacial score (nSPS) is 8.69. The molecule has 13 heavy (non-hydrogen) atoms. The van der Waals surface area contributed by atoms with Crippen LogP contribution in [-0.2, 0) is 4.79 Å². The number of halogens is 1. The second-order valence-corrected chi connectivity index (χ2v) is 2.55. The van der Waals surface area contributed by atoms with Gasteiger partial charge in [-0.1, -0.05) is 11.6 Å². The van der Waals surface area contributed by atoms with Crippen molar-refractivity contribution in [3.63, 3.8) is 0 Å². The van der Waals surface area contributed by atoms with Crippen LogP contribution in [0.3, 0.4) is 0 Å². The number of rotatable bonds is 0. The molecule has 0 radical (unpaired) electrons. The highest BCUT2D eigenvalue weighted by Gasteiger charge is 1.96. The van der Waals surface area contributed by atoms with E-state index >= 15 is 0 Å². The summed E-state index contributed by atoms with van der Waals surface area (Å²) in [7, 11) is 0. The molecule has 4 nitrogen and oxygen atoms in total. The highest BCUT2D eigenvalue weighted by molar-refractivity contribution is 6.31. The molecule has 0 unspecified atom stereocenters. The van der Waals surface area contributed by atoms with Crippen molar-refractivity contribution in [3.05, 3.63) is 23.0 Å². The van der Waals surface area contributed by atoms with Crippen molar-refractivity contribution in [1.82, 2.24) is 4.98 Å². The lowest BCUT2D eigenvalue weighted by atomic mass is 10.3. The van der Waals surface area contributed by atoms with E-state index in [0.717, 1.165) is 0 Å². The molecule has 0 atom stereocenters. The number of nitrogens with zero attached hydrogens (tertiary/aromatic N) is 1. The molecular formula is C8H6ClN3O. The van der Waals surface area contributed by atoms with E-state index in [1.54, 1.807) is 12.1 Å². The molecule has 66 valence electrons. The van der Waals surface area contributed by atoms with Gasteiger partial charge in [0.15, 0.2) is 5.15 Å². The van der Waals surface area contributed by atoms with Crippen molar-refractivity contribution in [3.8, 4) is 11.8 Å². The van der Waals surface area contributed by atoms with E-state index < -0.39 is 5.91 Å². The quantitative estimate of drug-likeness (QED) is 0.457. The minimum Gasteiger partial charge on any atom is -0.396 e. The lowest BCUT2D eigenvalue weighted by molar-refractivity contribution is -0.112. The van der Waals surface area contributed by atoms with Crippen molar-refractivity contribution in [1.29, 1.82) is 0 Å². The molecule has 1 aromatic rings. The zero-order chi connectivity index (χ0) is 9.84. The topological polar surface area (TPSA) is 82.0 Å². The van der Waals surface area contributed by atoms with E-state index in [-0.39, 0.29) is 5.15 Å². The van der Waals surface area contributed by atoms with Gasteiger partial charge in [-0.25, -0.2) is 4.98 Å². The molecule has 0 saturated heterocycles. The molecule has 5 heteroatoms. The summed E-state index contributed by atoms with van der Waals surface area (Å²) in [6, 6.07) is 3.11. The highest BCUT2D eigenvalue weighted by atomic mass is 35.5. The minimum atomic E-state index is -0.713. The number of hydrogen-bond acceptors (Lipinski definition) is 3. The van der Waals surface area contributed by atoms with Gasteiger partial charge in [-0.2, -0.15) is 0 Å². The molecule has 0 aliphatic rings. The second kappa shape index (κ2) is 3.78. The maximum Gasteiger partial charge on any atom is 0.293 e. The van der Waals surface area contributed by atoms with Crippen molar-refractivity contribution >= 4 is 23.2 Å². The van der Waals surface area contributed by atoms with E-state index in [1.165, 1.54) is 0 Å². The van der Waals surface area contributed by atoms with Gasteiger partial charge < -0.3 is 11.5 Å². The summed E-state index contributed by atoms with van der Waals surface area (Å²) in [5.74, 6) is 3.86. The summed E-state index contributed by atoms with van der Waals surface area (Å²) in [5, 5.41) is 0.163. The maximum atomic E-state index is 10.3. The van der Waals surface area contributed by atoms with E-state index in [4.69, 9.17) is 23.1 Å². The fourth-order valence-electron chi connectivity index (χ4n) is 0.640. The second-order valence-electron chi connectivity index (χ2n) is 2.19. The third-order valence-electron chi connectivity index (χ3n) is 1.19. The summed E-state index contributed by atoms with van der Waals surface area (Å²) in [5.41, 5.74) is 10.9. The van der Waals surface area contributed by atoms with Crippen LogP contribution in [0.15, 0.2) is 12.1 Å². The van der Waals surface area contributed by atoms with E-state index in [0.29, 0.717) is 11.4 Å². The Labute approximate surface area is 79.9 Å². The van der Waals surface area contributed by atoms with Gasteiger partial charge in [0.1, 0.15) is 5.69 Å². The number of carbonyl (C=O) groups is 1. The smallest absolute Gasteiger partial charge is 0.293 e. The third kappa shape index (κ3) is 2.65. The van der Waals surface area contributed by atoms with Crippen molar-refractivity contribution < 1.29 is 4.79 Å². The van der Waals surface area contributed by atoms with Crippen LogP contribution in [0.25, 0.3) is 0 Å². The SMILES string of the molecule is NC(=O)C#Cc1ccc(N)c(Cl)n1. The Morgan fingerprint density at radius 1 is 1.54 bits per heavy atom. The average Bonchev–Trinajstić information content (AvgIpc) is 2.07. The molecule has 1 heterocycles. The van der Waals surface area contributed by atoms with Crippen LogP contribution in [0, 0.1) is 11.8 Å². The van der Waals surface area contributed by atoms with Gasteiger partial charge in [0.05, 0.1) is 5.69 Å². The van der Waals surface area contributed by atoms with Crippen molar-refractivity contribution in [2.24, 2.45) is 5.73 Å². The molecule has 0 bridgehead atoms. The molecule has 1 aromatic heterocycles. The summed E-state index contributed by atoms with van der Waals surface area (Å²) in [6.45, 7) is 0. The van der Waals surface area contributed by atoms with Crippen LogP contribution < -0.4 is 11.5 Å². The van der Waals surface area contributed by atoms with Crippen LogP contribution in [-0.4, -0.2) is 10.9 Å². The first kappa shape index (κ1) is 9.36. The number of nitrogens with two attached hydrogens (primary N) is 2. The van der Waals surface area contributed by atoms with Gasteiger partial charge in [0.25, 0.3) is 5.91 Å². The Kier molecular flexibility index (Phi) is 2.72. The molecule has 0 aromatic carbocycles. The van der Waals surface area contributed by atoms with Gasteiger partial charge in [-0.15, -0.1) is 0 Å². The number of pyridine rings is 1. The Bertz CT molecular complexity index is 406. The Balaban J connectivity index is 3.00. The number of primary amides is 1.